The number of hydrogen-bond donors (Lipinski definition) is 0. The van der Waals surface area contributed by atoms with Crippen LogP contribution in [0.5, 0.6) is 0 Å². The van der Waals surface area contributed by atoms with Gasteiger partial charge in [0.25, 0.3) is 0 Å². The fourth-order valence-electron chi connectivity index (χ4n) is 2.09. The molecular formula is C18H28O2. The molecular weight excluding hydrogens is 248 g/mol. The number of benzene rings is 1. The molecule has 20 heavy (non-hydrogen) atoms. The van der Waals surface area contributed by atoms with E-state index in [4.69, 9.17) is 4.74 Å². The molecule has 0 bridgehead atoms. The standard InChI is InChI=1S/C18H28O2/c1-15(10-8-9-13-18(2,3)4)17(19)20-14-16-11-6-5-7-12-16/h5-7,11-12,15H,8-10,13-14H2,1-4H3. The highest BCUT2D eigenvalue weighted by Crippen LogP contribution is 2.23. The second-order valence-electron chi connectivity index (χ2n) is 6.80. The van der Waals surface area contributed by atoms with Gasteiger partial charge in [0.1, 0.15) is 6.61 Å². The van der Waals surface area contributed by atoms with E-state index in [0.717, 1.165) is 18.4 Å². The van der Waals surface area contributed by atoms with Crippen LogP contribution < -0.4 is 0 Å². The van der Waals surface area contributed by atoms with Gasteiger partial charge in [-0.15, -0.1) is 0 Å². The number of esters is 1. The summed E-state index contributed by atoms with van der Waals surface area (Å²) in [6.45, 7) is 9.11. The van der Waals surface area contributed by atoms with Crippen LogP contribution in [-0.4, -0.2) is 5.97 Å². The molecule has 0 aliphatic carbocycles. The van der Waals surface area contributed by atoms with Crippen molar-refractivity contribution >= 4 is 5.97 Å². The van der Waals surface area contributed by atoms with E-state index in [0.29, 0.717) is 12.0 Å². The van der Waals surface area contributed by atoms with E-state index in [2.05, 4.69) is 20.8 Å². The van der Waals surface area contributed by atoms with Crippen LogP contribution in [0, 0.1) is 11.3 Å². The van der Waals surface area contributed by atoms with E-state index >= 15 is 0 Å². The van der Waals surface area contributed by atoms with Gasteiger partial charge in [-0.25, -0.2) is 0 Å². The smallest absolute Gasteiger partial charge is 0.308 e. The fraction of sp³-hybridized carbons (Fsp3) is 0.611. The highest BCUT2D eigenvalue weighted by Gasteiger charge is 2.15. The minimum absolute atomic E-state index is 0.00122. The molecule has 2 heteroatoms. The van der Waals surface area contributed by atoms with Crippen LogP contribution in [0.3, 0.4) is 0 Å². The molecule has 0 aliphatic rings. The Labute approximate surface area is 123 Å². The first kappa shape index (κ1) is 16.7. The van der Waals surface area contributed by atoms with Crippen molar-refractivity contribution in [1.29, 1.82) is 0 Å². The summed E-state index contributed by atoms with van der Waals surface area (Å²) in [6.07, 6.45) is 4.40. The van der Waals surface area contributed by atoms with Gasteiger partial charge < -0.3 is 4.74 Å². The molecule has 1 aromatic rings. The summed E-state index contributed by atoms with van der Waals surface area (Å²) in [6, 6.07) is 9.82. The summed E-state index contributed by atoms with van der Waals surface area (Å²) >= 11 is 0. The first-order valence-corrected chi connectivity index (χ1v) is 7.59. The Balaban J connectivity index is 2.19. The topological polar surface area (TPSA) is 26.3 Å². The quantitative estimate of drug-likeness (QED) is 0.519. The van der Waals surface area contributed by atoms with Gasteiger partial charge in [-0.1, -0.05) is 70.9 Å². The fourth-order valence-corrected chi connectivity index (χ4v) is 2.09. The minimum Gasteiger partial charge on any atom is -0.461 e. The van der Waals surface area contributed by atoms with Crippen LogP contribution in [0.2, 0.25) is 0 Å². The first-order valence-electron chi connectivity index (χ1n) is 7.59. The van der Waals surface area contributed by atoms with Crippen molar-refractivity contribution in [2.24, 2.45) is 11.3 Å². The number of carbonyl (C=O) groups excluding carboxylic acids is 1. The largest absolute Gasteiger partial charge is 0.461 e. The van der Waals surface area contributed by atoms with E-state index in [1.807, 2.05) is 37.3 Å². The van der Waals surface area contributed by atoms with Gasteiger partial charge in [0, 0.05) is 0 Å². The van der Waals surface area contributed by atoms with Gasteiger partial charge in [0.2, 0.25) is 0 Å². The van der Waals surface area contributed by atoms with Crippen molar-refractivity contribution < 1.29 is 9.53 Å². The van der Waals surface area contributed by atoms with Gasteiger partial charge in [-0.2, -0.15) is 0 Å². The Morgan fingerprint density at radius 2 is 1.80 bits per heavy atom. The Bertz CT molecular complexity index is 390. The number of rotatable bonds is 7. The summed E-state index contributed by atoms with van der Waals surface area (Å²) in [5.41, 5.74) is 1.43. The molecule has 1 unspecified atom stereocenters. The zero-order valence-corrected chi connectivity index (χ0v) is 13.3. The average Bonchev–Trinajstić information content (AvgIpc) is 2.40. The molecule has 0 heterocycles. The number of unbranched alkanes of at least 4 members (excludes halogenated alkanes) is 1. The molecule has 0 N–H and O–H groups in total. The molecule has 0 aromatic heterocycles. The lowest BCUT2D eigenvalue weighted by molar-refractivity contribution is -0.149. The third-order valence-electron chi connectivity index (χ3n) is 3.44. The van der Waals surface area contributed by atoms with Crippen molar-refractivity contribution in [3.63, 3.8) is 0 Å². The van der Waals surface area contributed by atoms with E-state index in [1.54, 1.807) is 0 Å². The Hall–Kier alpha value is -1.31. The lowest BCUT2D eigenvalue weighted by Crippen LogP contribution is -2.15. The van der Waals surface area contributed by atoms with Gasteiger partial charge in [0.05, 0.1) is 5.92 Å². The van der Waals surface area contributed by atoms with E-state index < -0.39 is 0 Å². The molecule has 2 nitrogen and oxygen atoms in total. The zero-order valence-electron chi connectivity index (χ0n) is 13.3. The molecule has 0 amide bonds. The van der Waals surface area contributed by atoms with Crippen molar-refractivity contribution in [2.75, 3.05) is 0 Å². The molecule has 0 saturated carbocycles. The second-order valence-corrected chi connectivity index (χ2v) is 6.80. The van der Waals surface area contributed by atoms with Gasteiger partial charge in [0.15, 0.2) is 0 Å². The molecule has 0 saturated heterocycles. The predicted octanol–water partition coefficient (Wildman–Crippen LogP) is 4.97. The number of ether oxygens (including phenoxy) is 1. The molecule has 0 radical (unpaired) electrons. The van der Waals surface area contributed by atoms with Gasteiger partial charge in [-0.3, -0.25) is 4.79 Å². The minimum atomic E-state index is -0.0791. The van der Waals surface area contributed by atoms with Crippen LogP contribution >= 0.6 is 0 Å². The third-order valence-corrected chi connectivity index (χ3v) is 3.44. The van der Waals surface area contributed by atoms with Gasteiger partial charge >= 0.3 is 5.97 Å². The molecule has 1 atom stereocenters. The van der Waals surface area contributed by atoms with Crippen LogP contribution in [0.25, 0.3) is 0 Å². The molecule has 112 valence electrons. The molecule has 1 aromatic carbocycles. The van der Waals surface area contributed by atoms with Crippen LogP contribution in [-0.2, 0) is 16.1 Å². The maximum atomic E-state index is 11.9. The molecule has 0 spiro atoms. The van der Waals surface area contributed by atoms with Crippen LogP contribution in [0.15, 0.2) is 30.3 Å². The van der Waals surface area contributed by atoms with Crippen molar-refractivity contribution in [1.82, 2.24) is 0 Å². The van der Waals surface area contributed by atoms with Crippen molar-refractivity contribution in [2.45, 2.75) is 60.0 Å². The SMILES string of the molecule is CC(CCCCC(C)(C)C)C(=O)OCc1ccccc1. The van der Waals surface area contributed by atoms with E-state index in [1.165, 1.54) is 12.8 Å². The maximum absolute atomic E-state index is 11.9. The highest BCUT2D eigenvalue weighted by molar-refractivity contribution is 5.71. The Morgan fingerprint density at radius 1 is 1.15 bits per heavy atom. The summed E-state index contributed by atoms with van der Waals surface area (Å²) in [4.78, 5) is 11.9. The third kappa shape index (κ3) is 7.32. The van der Waals surface area contributed by atoms with E-state index in [9.17, 15) is 4.79 Å². The molecule has 0 aliphatic heterocycles. The summed E-state index contributed by atoms with van der Waals surface area (Å²) in [5.74, 6) is -0.0803. The predicted molar refractivity (Wildman–Crippen MR) is 83.3 cm³/mol. The monoisotopic (exact) mass is 276 g/mol. The Morgan fingerprint density at radius 3 is 2.40 bits per heavy atom. The average molecular weight is 276 g/mol. The summed E-state index contributed by atoms with van der Waals surface area (Å²) in [7, 11) is 0. The zero-order chi connectivity index (χ0) is 15.0. The number of hydrogen-bond acceptors (Lipinski definition) is 2. The van der Waals surface area contributed by atoms with Gasteiger partial charge in [-0.05, 0) is 23.8 Å². The lowest BCUT2D eigenvalue weighted by Gasteiger charge is -2.18. The van der Waals surface area contributed by atoms with Crippen LogP contribution in [0.4, 0.5) is 0 Å². The maximum Gasteiger partial charge on any atom is 0.308 e. The first-order chi connectivity index (χ1) is 9.38. The van der Waals surface area contributed by atoms with E-state index in [-0.39, 0.29) is 11.9 Å². The highest BCUT2D eigenvalue weighted by atomic mass is 16.5. The molecule has 0 fully saturated rings. The lowest BCUT2D eigenvalue weighted by atomic mass is 9.89. The normalized spacial score (nSPS) is 13.0. The summed E-state index contributed by atoms with van der Waals surface area (Å²) in [5, 5.41) is 0. The summed E-state index contributed by atoms with van der Waals surface area (Å²) < 4.78 is 5.35. The van der Waals surface area contributed by atoms with Crippen LogP contribution in [0.1, 0.15) is 58.9 Å². The number of carbonyl (C=O) groups is 1. The van der Waals surface area contributed by atoms with Crippen molar-refractivity contribution in [3.8, 4) is 0 Å². The molecule has 1 rings (SSSR count). The second kappa shape index (κ2) is 8.08. The van der Waals surface area contributed by atoms with Crippen molar-refractivity contribution in [3.05, 3.63) is 35.9 Å². The Kier molecular flexibility index (Phi) is 6.77.